The average Bonchev–Trinajstić information content (AvgIpc) is 2.99. The van der Waals surface area contributed by atoms with Crippen LogP contribution >= 0.6 is 11.3 Å². The van der Waals surface area contributed by atoms with Crippen molar-refractivity contribution >= 4 is 16.5 Å². The van der Waals surface area contributed by atoms with Crippen molar-refractivity contribution in [2.45, 2.75) is 19.9 Å². The monoisotopic (exact) mass is 330 g/mol. The first-order chi connectivity index (χ1) is 11.3. The van der Waals surface area contributed by atoms with Gasteiger partial charge in [-0.15, -0.1) is 11.3 Å². The predicted molar refractivity (Wildman–Crippen MR) is 98.1 cm³/mol. The second-order valence-electron chi connectivity index (χ2n) is 6.16. The van der Waals surface area contributed by atoms with Gasteiger partial charge in [-0.1, -0.05) is 30.3 Å². The minimum Gasteiger partial charge on any atom is -0.361 e. The van der Waals surface area contributed by atoms with Crippen LogP contribution in [0.5, 0.6) is 0 Å². The lowest BCUT2D eigenvalue weighted by molar-refractivity contribution is 0.127. The van der Waals surface area contributed by atoms with Gasteiger partial charge in [0.2, 0.25) is 0 Å². The molecule has 0 radical (unpaired) electrons. The molecule has 1 aromatic heterocycles. The molecule has 1 aliphatic heterocycles. The number of hydrogen-bond donors (Lipinski definition) is 1. The van der Waals surface area contributed by atoms with E-state index in [0.29, 0.717) is 0 Å². The number of thiazole rings is 1. The van der Waals surface area contributed by atoms with Crippen molar-refractivity contribution in [1.82, 2.24) is 14.8 Å². The van der Waals surface area contributed by atoms with Gasteiger partial charge >= 0.3 is 0 Å². The van der Waals surface area contributed by atoms with Crippen molar-refractivity contribution in [1.29, 1.82) is 0 Å². The third-order valence-electron chi connectivity index (χ3n) is 4.26. The van der Waals surface area contributed by atoms with Gasteiger partial charge in [0.25, 0.3) is 0 Å². The van der Waals surface area contributed by atoms with E-state index in [9.17, 15) is 0 Å². The van der Waals surface area contributed by atoms with E-state index in [0.717, 1.165) is 18.2 Å². The molecule has 124 valence electrons. The van der Waals surface area contributed by atoms with Crippen LogP contribution in [-0.4, -0.2) is 54.1 Å². The number of benzene rings is 1. The molecule has 0 amide bonds. The molecule has 4 nitrogen and oxygen atoms in total. The molecule has 0 bridgehead atoms. The SMILES string of the molecule is Cc1cnc(NCCCN2CCN(Cc3ccccc3)CC2)s1. The molecule has 2 aromatic rings. The first-order valence-electron chi connectivity index (χ1n) is 8.44. The quantitative estimate of drug-likeness (QED) is 0.791. The molecular weight excluding hydrogens is 304 g/mol. The third-order valence-corrected chi connectivity index (χ3v) is 5.13. The molecule has 23 heavy (non-hydrogen) atoms. The molecule has 0 saturated carbocycles. The first-order valence-corrected chi connectivity index (χ1v) is 9.26. The number of aromatic nitrogens is 1. The maximum atomic E-state index is 4.34. The number of hydrogen-bond acceptors (Lipinski definition) is 5. The molecule has 2 heterocycles. The Labute approximate surface area is 143 Å². The van der Waals surface area contributed by atoms with Crippen molar-refractivity contribution in [3.63, 3.8) is 0 Å². The van der Waals surface area contributed by atoms with Crippen LogP contribution in [0.25, 0.3) is 0 Å². The van der Waals surface area contributed by atoms with Gasteiger partial charge in [-0.3, -0.25) is 4.90 Å². The largest absolute Gasteiger partial charge is 0.361 e. The number of aryl methyl sites for hydroxylation is 1. The van der Waals surface area contributed by atoms with Crippen LogP contribution in [0.15, 0.2) is 36.5 Å². The molecule has 1 aliphatic rings. The molecule has 1 fully saturated rings. The Morgan fingerprint density at radius 3 is 2.52 bits per heavy atom. The van der Waals surface area contributed by atoms with E-state index in [4.69, 9.17) is 0 Å². The average molecular weight is 331 g/mol. The number of anilines is 1. The topological polar surface area (TPSA) is 31.4 Å². The van der Waals surface area contributed by atoms with Gasteiger partial charge in [-0.2, -0.15) is 0 Å². The minimum absolute atomic E-state index is 1.01. The Hall–Kier alpha value is -1.43. The fraction of sp³-hybridized carbons (Fsp3) is 0.500. The van der Waals surface area contributed by atoms with Gasteiger partial charge in [0.15, 0.2) is 5.13 Å². The Morgan fingerprint density at radius 1 is 1.09 bits per heavy atom. The van der Waals surface area contributed by atoms with E-state index in [1.807, 2.05) is 6.20 Å². The van der Waals surface area contributed by atoms with E-state index in [1.54, 1.807) is 11.3 Å². The zero-order chi connectivity index (χ0) is 15.9. The zero-order valence-corrected chi connectivity index (χ0v) is 14.7. The van der Waals surface area contributed by atoms with E-state index >= 15 is 0 Å². The van der Waals surface area contributed by atoms with Crippen LogP contribution in [0, 0.1) is 6.92 Å². The van der Waals surface area contributed by atoms with Crippen LogP contribution in [0.1, 0.15) is 16.9 Å². The number of piperazine rings is 1. The summed E-state index contributed by atoms with van der Waals surface area (Å²) in [5, 5.41) is 4.47. The van der Waals surface area contributed by atoms with E-state index < -0.39 is 0 Å². The highest BCUT2D eigenvalue weighted by Gasteiger charge is 2.16. The van der Waals surface area contributed by atoms with E-state index in [2.05, 4.69) is 57.4 Å². The normalized spacial score (nSPS) is 16.6. The summed E-state index contributed by atoms with van der Waals surface area (Å²) in [7, 11) is 0. The van der Waals surface area contributed by atoms with E-state index in [1.165, 1.54) is 49.6 Å². The standard InChI is InChI=1S/C18H26N4S/c1-16-14-20-18(23-16)19-8-5-9-21-10-12-22(13-11-21)15-17-6-3-2-4-7-17/h2-4,6-7,14H,5,8-13,15H2,1H3,(H,19,20). The summed E-state index contributed by atoms with van der Waals surface area (Å²) < 4.78 is 0. The number of nitrogens with zero attached hydrogens (tertiary/aromatic N) is 3. The van der Waals surface area contributed by atoms with Crippen molar-refractivity contribution in [3.05, 3.63) is 47.0 Å². The molecular formula is C18H26N4S. The summed E-state index contributed by atoms with van der Waals surface area (Å²) in [6.45, 7) is 10.1. The fourth-order valence-corrected chi connectivity index (χ4v) is 3.64. The molecule has 1 aromatic carbocycles. The predicted octanol–water partition coefficient (Wildman–Crippen LogP) is 3.07. The van der Waals surface area contributed by atoms with Crippen LogP contribution in [0.3, 0.4) is 0 Å². The van der Waals surface area contributed by atoms with Crippen molar-refractivity contribution < 1.29 is 0 Å². The Kier molecular flexibility index (Phi) is 6.02. The molecule has 0 atom stereocenters. The van der Waals surface area contributed by atoms with Crippen molar-refractivity contribution in [3.8, 4) is 0 Å². The molecule has 1 saturated heterocycles. The molecule has 5 heteroatoms. The highest BCUT2D eigenvalue weighted by Crippen LogP contribution is 2.16. The molecule has 0 unspecified atom stereocenters. The van der Waals surface area contributed by atoms with Gasteiger partial charge in [0, 0.05) is 50.3 Å². The summed E-state index contributed by atoms with van der Waals surface area (Å²) in [6, 6.07) is 10.8. The summed E-state index contributed by atoms with van der Waals surface area (Å²) >= 11 is 1.73. The maximum Gasteiger partial charge on any atom is 0.182 e. The van der Waals surface area contributed by atoms with Gasteiger partial charge < -0.3 is 10.2 Å². The molecule has 0 spiro atoms. The summed E-state index contributed by atoms with van der Waals surface area (Å²) in [4.78, 5) is 10.7. The summed E-state index contributed by atoms with van der Waals surface area (Å²) in [5.74, 6) is 0. The van der Waals surface area contributed by atoms with Gasteiger partial charge in [-0.05, 0) is 25.5 Å². The number of nitrogens with one attached hydrogen (secondary N) is 1. The minimum atomic E-state index is 1.01. The molecule has 1 N–H and O–H groups in total. The third kappa shape index (κ3) is 5.30. The second kappa shape index (κ2) is 8.43. The highest BCUT2D eigenvalue weighted by atomic mass is 32.1. The molecule has 3 rings (SSSR count). The van der Waals surface area contributed by atoms with Gasteiger partial charge in [0.1, 0.15) is 0 Å². The smallest absolute Gasteiger partial charge is 0.182 e. The summed E-state index contributed by atoms with van der Waals surface area (Å²) in [6.07, 6.45) is 3.11. The Morgan fingerprint density at radius 2 is 1.83 bits per heavy atom. The van der Waals surface area contributed by atoms with Gasteiger partial charge in [0.05, 0.1) is 0 Å². The summed E-state index contributed by atoms with van der Waals surface area (Å²) in [5.41, 5.74) is 1.42. The zero-order valence-electron chi connectivity index (χ0n) is 13.9. The van der Waals surface area contributed by atoms with Crippen LogP contribution in [0.4, 0.5) is 5.13 Å². The van der Waals surface area contributed by atoms with Gasteiger partial charge in [-0.25, -0.2) is 4.98 Å². The van der Waals surface area contributed by atoms with Crippen molar-refractivity contribution in [2.24, 2.45) is 0 Å². The van der Waals surface area contributed by atoms with Crippen LogP contribution in [0.2, 0.25) is 0 Å². The highest BCUT2D eigenvalue weighted by molar-refractivity contribution is 7.15. The fourth-order valence-electron chi connectivity index (χ4n) is 2.95. The Balaban J connectivity index is 1.30. The van der Waals surface area contributed by atoms with Crippen LogP contribution < -0.4 is 5.32 Å². The second-order valence-corrected chi connectivity index (χ2v) is 7.39. The lowest BCUT2D eigenvalue weighted by Crippen LogP contribution is -2.46. The van der Waals surface area contributed by atoms with Crippen molar-refractivity contribution in [2.75, 3.05) is 44.6 Å². The lowest BCUT2D eigenvalue weighted by atomic mass is 10.2. The number of rotatable bonds is 7. The Bertz CT molecular complexity index is 576. The maximum absolute atomic E-state index is 4.34. The molecule has 0 aliphatic carbocycles. The first kappa shape index (κ1) is 16.4. The van der Waals surface area contributed by atoms with Crippen LogP contribution in [-0.2, 0) is 6.54 Å². The lowest BCUT2D eigenvalue weighted by Gasteiger charge is -2.34. The van der Waals surface area contributed by atoms with E-state index in [-0.39, 0.29) is 0 Å².